The normalized spacial score (nSPS) is 15.3. The first-order chi connectivity index (χ1) is 7.81. The highest BCUT2D eigenvalue weighted by molar-refractivity contribution is 5.80. The lowest BCUT2D eigenvalue weighted by atomic mass is 9.92. The zero-order chi connectivity index (χ0) is 11.4. The summed E-state index contributed by atoms with van der Waals surface area (Å²) < 4.78 is 0. The average Bonchev–Trinajstić information content (AvgIpc) is 2.39. The molecule has 1 nitrogen and oxygen atoms in total. The van der Waals surface area contributed by atoms with Crippen molar-refractivity contribution in [2.24, 2.45) is 0 Å². The van der Waals surface area contributed by atoms with Crippen LogP contribution >= 0.6 is 0 Å². The second kappa shape index (κ2) is 4.95. The molecule has 2 rings (SSSR count). The zero-order valence-electron chi connectivity index (χ0n) is 9.32. The van der Waals surface area contributed by atoms with Crippen LogP contribution in [0.2, 0.25) is 0 Å². The third-order valence-electron chi connectivity index (χ3n) is 2.86. The Kier molecular flexibility index (Phi) is 3.37. The second-order valence-electron chi connectivity index (χ2n) is 4.00. The van der Waals surface area contributed by atoms with E-state index in [0.717, 1.165) is 35.1 Å². The summed E-state index contributed by atoms with van der Waals surface area (Å²) in [5.74, 6) is 0. The van der Waals surface area contributed by atoms with Gasteiger partial charge in [0.2, 0.25) is 0 Å². The fraction of sp³-hybridized carbons (Fsp3) is 0.200. The fourth-order valence-corrected chi connectivity index (χ4v) is 1.91. The van der Waals surface area contributed by atoms with E-state index in [9.17, 15) is 0 Å². The van der Waals surface area contributed by atoms with Crippen LogP contribution in [0.15, 0.2) is 60.2 Å². The quantitative estimate of drug-likeness (QED) is 0.814. The van der Waals surface area contributed by atoms with Gasteiger partial charge in [-0.15, -0.1) is 0 Å². The summed E-state index contributed by atoms with van der Waals surface area (Å²) in [7, 11) is 0. The number of rotatable bonds is 3. The third-order valence-corrected chi connectivity index (χ3v) is 2.86. The predicted octanol–water partition coefficient (Wildman–Crippen LogP) is 3.34. The molecule has 1 aliphatic carbocycles. The smallest absolute Gasteiger partial charge is 0.0645 e. The monoisotopic (exact) mass is 212 g/mol. The van der Waals surface area contributed by atoms with E-state index >= 15 is 0 Å². The molecule has 1 heteroatoms. The van der Waals surface area contributed by atoms with E-state index in [4.69, 9.17) is 5.11 Å². The average molecular weight is 212 g/mol. The lowest BCUT2D eigenvalue weighted by Crippen LogP contribution is -1.98. The molecule has 1 aliphatic rings. The minimum Gasteiger partial charge on any atom is -0.392 e. The van der Waals surface area contributed by atoms with Crippen LogP contribution in [-0.4, -0.2) is 11.7 Å². The van der Waals surface area contributed by atoms with Gasteiger partial charge >= 0.3 is 0 Å². The molecule has 0 heterocycles. The van der Waals surface area contributed by atoms with Crippen LogP contribution in [0.3, 0.4) is 0 Å². The van der Waals surface area contributed by atoms with Crippen molar-refractivity contribution in [3.63, 3.8) is 0 Å². The standard InChI is InChI=1S/C15H16O/c1-12(14-7-3-2-4-8-14)15-9-5-6-13(10-15)11-16/h2-4,7-10,16H,1,5-6,11H2. The van der Waals surface area contributed by atoms with Crippen LogP contribution in [0.25, 0.3) is 5.57 Å². The summed E-state index contributed by atoms with van der Waals surface area (Å²) in [5, 5.41) is 9.14. The molecule has 0 radical (unpaired) electrons. The van der Waals surface area contributed by atoms with Gasteiger partial charge in [-0.1, -0.05) is 49.1 Å². The van der Waals surface area contributed by atoms with E-state index in [2.05, 4.69) is 30.9 Å². The molecule has 0 fully saturated rings. The molecule has 0 aromatic heterocycles. The Morgan fingerprint density at radius 3 is 2.69 bits per heavy atom. The summed E-state index contributed by atoms with van der Waals surface area (Å²) in [6, 6.07) is 10.1. The van der Waals surface area contributed by atoms with E-state index in [-0.39, 0.29) is 6.61 Å². The molecular formula is C15H16O. The van der Waals surface area contributed by atoms with Crippen molar-refractivity contribution < 1.29 is 5.11 Å². The maximum absolute atomic E-state index is 9.14. The van der Waals surface area contributed by atoms with Crippen LogP contribution in [0, 0.1) is 0 Å². The van der Waals surface area contributed by atoms with Gasteiger partial charge in [0.1, 0.15) is 0 Å². The summed E-state index contributed by atoms with van der Waals surface area (Å²) in [6.45, 7) is 4.28. The summed E-state index contributed by atoms with van der Waals surface area (Å²) in [5.41, 5.74) is 4.41. The second-order valence-corrected chi connectivity index (χ2v) is 4.00. The van der Waals surface area contributed by atoms with Gasteiger partial charge in [0.05, 0.1) is 6.61 Å². The molecule has 82 valence electrons. The maximum Gasteiger partial charge on any atom is 0.0645 e. The number of aliphatic hydroxyl groups is 1. The van der Waals surface area contributed by atoms with Gasteiger partial charge in [-0.05, 0) is 35.1 Å². The highest BCUT2D eigenvalue weighted by Crippen LogP contribution is 2.27. The van der Waals surface area contributed by atoms with Crippen LogP contribution < -0.4 is 0 Å². The highest BCUT2D eigenvalue weighted by atomic mass is 16.3. The molecule has 1 aromatic rings. The molecular weight excluding hydrogens is 196 g/mol. The first-order valence-electron chi connectivity index (χ1n) is 5.56. The van der Waals surface area contributed by atoms with Gasteiger partial charge in [-0.3, -0.25) is 0 Å². The summed E-state index contributed by atoms with van der Waals surface area (Å²) in [4.78, 5) is 0. The van der Waals surface area contributed by atoms with Gasteiger partial charge in [0, 0.05) is 0 Å². The largest absolute Gasteiger partial charge is 0.392 e. The van der Waals surface area contributed by atoms with Crippen LogP contribution in [0.1, 0.15) is 18.4 Å². The Morgan fingerprint density at radius 1 is 1.25 bits per heavy atom. The minimum atomic E-state index is 0.152. The van der Waals surface area contributed by atoms with E-state index in [0.29, 0.717) is 0 Å². The lowest BCUT2D eigenvalue weighted by Gasteiger charge is -2.14. The topological polar surface area (TPSA) is 20.2 Å². The van der Waals surface area contributed by atoms with Crippen molar-refractivity contribution in [1.82, 2.24) is 0 Å². The third kappa shape index (κ3) is 2.31. The van der Waals surface area contributed by atoms with Gasteiger partial charge < -0.3 is 5.11 Å². The Balaban J connectivity index is 2.24. The van der Waals surface area contributed by atoms with E-state index in [1.165, 1.54) is 0 Å². The van der Waals surface area contributed by atoms with E-state index in [1.54, 1.807) is 0 Å². The van der Waals surface area contributed by atoms with E-state index in [1.807, 2.05) is 18.2 Å². The molecule has 0 bridgehead atoms. The van der Waals surface area contributed by atoms with Crippen molar-refractivity contribution in [2.75, 3.05) is 6.61 Å². The maximum atomic E-state index is 9.14. The van der Waals surface area contributed by atoms with Crippen LogP contribution in [-0.2, 0) is 0 Å². The minimum absolute atomic E-state index is 0.152. The number of aliphatic hydroxyl groups excluding tert-OH is 1. The summed E-state index contributed by atoms with van der Waals surface area (Å²) in [6.07, 6.45) is 6.20. The highest BCUT2D eigenvalue weighted by Gasteiger charge is 2.08. The molecule has 0 aliphatic heterocycles. The van der Waals surface area contributed by atoms with Gasteiger partial charge in [0.15, 0.2) is 0 Å². The molecule has 0 unspecified atom stereocenters. The summed E-state index contributed by atoms with van der Waals surface area (Å²) >= 11 is 0. The molecule has 1 N–H and O–H groups in total. The van der Waals surface area contributed by atoms with Crippen molar-refractivity contribution in [1.29, 1.82) is 0 Å². The van der Waals surface area contributed by atoms with Crippen LogP contribution in [0.5, 0.6) is 0 Å². The van der Waals surface area contributed by atoms with Gasteiger partial charge in [0.25, 0.3) is 0 Å². The van der Waals surface area contributed by atoms with Gasteiger partial charge in [-0.25, -0.2) is 0 Å². The van der Waals surface area contributed by atoms with Crippen molar-refractivity contribution in [3.05, 3.63) is 65.8 Å². The molecule has 16 heavy (non-hydrogen) atoms. The first-order valence-corrected chi connectivity index (χ1v) is 5.56. The van der Waals surface area contributed by atoms with Crippen molar-refractivity contribution in [3.8, 4) is 0 Å². The zero-order valence-corrected chi connectivity index (χ0v) is 9.32. The molecule has 0 saturated carbocycles. The number of hydrogen-bond donors (Lipinski definition) is 1. The van der Waals surface area contributed by atoms with Crippen LogP contribution in [0.4, 0.5) is 0 Å². The SMILES string of the molecule is C=C(C1=CCCC(CO)=C1)c1ccccc1. The Morgan fingerprint density at radius 2 is 2.00 bits per heavy atom. The number of benzene rings is 1. The van der Waals surface area contributed by atoms with Crippen molar-refractivity contribution in [2.45, 2.75) is 12.8 Å². The number of hydrogen-bond acceptors (Lipinski definition) is 1. The molecule has 0 spiro atoms. The number of allylic oxidation sites excluding steroid dienone is 4. The molecule has 0 atom stereocenters. The lowest BCUT2D eigenvalue weighted by molar-refractivity contribution is 0.326. The fourth-order valence-electron chi connectivity index (χ4n) is 1.91. The van der Waals surface area contributed by atoms with Gasteiger partial charge in [-0.2, -0.15) is 0 Å². The van der Waals surface area contributed by atoms with E-state index < -0.39 is 0 Å². The predicted molar refractivity (Wildman–Crippen MR) is 68.0 cm³/mol. The Bertz CT molecular complexity index is 438. The Hall–Kier alpha value is -1.60. The molecule has 0 amide bonds. The molecule has 1 aromatic carbocycles. The first kappa shape index (κ1) is 10.9. The Labute approximate surface area is 96.4 Å². The van der Waals surface area contributed by atoms with Crippen molar-refractivity contribution >= 4 is 5.57 Å². The molecule has 0 saturated heterocycles.